The number of aromatic nitrogens is 1. The maximum Gasteiger partial charge on any atom is 0.303 e. The first-order chi connectivity index (χ1) is 16.4. The van der Waals surface area contributed by atoms with Crippen LogP contribution in [0.5, 0.6) is 0 Å². The van der Waals surface area contributed by atoms with Gasteiger partial charge in [0, 0.05) is 55.4 Å². The molecular formula is C27H28N2O4S. The van der Waals surface area contributed by atoms with Gasteiger partial charge in [-0.1, -0.05) is 54.7 Å². The number of nitrogens with zero attached hydrogens (tertiary/aromatic N) is 2. The number of carbonyl (C=O) groups is 2. The van der Waals surface area contributed by atoms with E-state index in [0.29, 0.717) is 18.5 Å². The van der Waals surface area contributed by atoms with Gasteiger partial charge in [-0.2, -0.15) is 4.57 Å². The first kappa shape index (κ1) is 23.7. The smallest absolute Gasteiger partial charge is 0.303 e. The predicted molar refractivity (Wildman–Crippen MR) is 133 cm³/mol. The summed E-state index contributed by atoms with van der Waals surface area (Å²) in [7, 11) is 1.89. The molecule has 0 amide bonds. The molecule has 34 heavy (non-hydrogen) atoms. The molecule has 0 atom stereocenters. The van der Waals surface area contributed by atoms with E-state index in [1.54, 1.807) is 29.5 Å². The van der Waals surface area contributed by atoms with E-state index in [-0.39, 0.29) is 29.1 Å². The average Bonchev–Trinajstić information content (AvgIpc) is 3.18. The van der Waals surface area contributed by atoms with E-state index in [1.165, 1.54) is 0 Å². The topological polar surface area (TPSA) is 84.5 Å². The molecule has 0 saturated heterocycles. The maximum atomic E-state index is 12.9. The van der Waals surface area contributed by atoms with E-state index < -0.39 is 5.97 Å². The van der Waals surface area contributed by atoms with E-state index >= 15 is 0 Å². The number of fused-ring (bicyclic) bond motifs is 1. The van der Waals surface area contributed by atoms with Gasteiger partial charge in [-0.25, -0.2) is 0 Å². The lowest BCUT2D eigenvalue weighted by Gasteiger charge is -2.30. The number of ketones is 1. The van der Waals surface area contributed by atoms with E-state index in [9.17, 15) is 14.7 Å². The second-order valence-corrected chi connectivity index (χ2v) is 9.53. The SMILES string of the molecule is CCCC[n+]1c(C=C2C(=O)C(c3ccc(N(C)CCCC(=O)O)cc3)=C2[O-])sc2ccccc21. The minimum atomic E-state index is -0.808. The number of carboxylic acids is 1. The molecule has 1 aliphatic rings. The summed E-state index contributed by atoms with van der Waals surface area (Å²) in [5.41, 5.74) is 3.12. The third-order valence-electron chi connectivity index (χ3n) is 6.06. The van der Waals surface area contributed by atoms with E-state index in [4.69, 9.17) is 5.11 Å². The van der Waals surface area contributed by atoms with Gasteiger partial charge >= 0.3 is 5.97 Å². The van der Waals surface area contributed by atoms with Crippen molar-refractivity contribution in [1.82, 2.24) is 0 Å². The van der Waals surface area contributed by atoms with Crippen molar-refractivity contribution in [2.75, 3.05) is 18.5 Å². The van der Waals surface area contributed by atoms with Crippen molar-refractivity contribution in [1.29, 1.82) is 0 Å². The average molecular weight is 477 g/mol. The Bertz CT molecular complexity index is 1290. The quantitative estimate of drug-likeness (QED) is 0.353. The van der Waals surface area contributed by atoms with Crippen LogP contribution >= 0.6 is 11.3 Å². The standard InChI is InChI=1S/C27H28N2O4S/c1-3-4-16-29-21-8-5-6-9-22(21)34-23(29)17-20-26(32)25(27(20)33)18-11-13-19(14-12-18)28(2)15-7-10-24(30)31/h5-6,8-9,11-14,17H,3-4,7,10,15-16H2,1-2H3,(H-,30,31,32,33). The van der Waals surface area contributed by atoms with Gasteiger partial charge in [0.2, 0.25) is 5.52 Å². The number of hydrogen-bond donors (Lipinski definition) is 1. The highest BCUT2D eigenvalue weighted by molar-refractivity contribution is 7.18. The zero-order valence-corrected chi connectivity index (χ0v) is 20.2. The van der Waals surface area contributed by atoms with Gasteiger partial charge in [0.15, 0.2) is 12.3 Å². The summed E-state index contributed by atoms with van der Waals surface area (Å²) in [5.74, 6) is -1.24. The summed E-state index contributed by atoms with van der Waals surface area (Å²) in [6.07, 6.45) is 4.51. The number of Topliss-reactive ketones (excluding diaryl/α,β-unsaturated/α-hetero) is 1. The molecule has 2 aromatic carbocycles. The Morgan fingerprint density at radius 2 is 1.88 bits per heavy atom. The minimum absolute atomic E-state index is 0.122. The number of thiazole rings is 1. The molecule has 0 spiro atoms. The van der Waals surface area contributed by atoms with Gasteiger partial charge in [0.25, 0.3) is 5.01 Å². The first-order valence-electron chi connectivity index (χ1n) is 11.5. The highest BCUT2D eigenvalue weighted by atomic mass is 32.1. The van der Waals surface area contributed by atoms with Crippen molar-refractivity contribution < 1.29 is 24.4 Å². The molecule has 176 valence electrons. The van der Waals surface area contributed by atoms with E-state index in [1.807, 2.05) is 36.2 Å². The predicted octanol–water partition coefficient (Wildman–Crippen LogP) is 4.03. The second kappa shape index (κ2) is 10.2. The molecule has 0 radical (unpaired) electrons. The Hall–Kier alpha value is -3.45. The van der Waals surface area contributed by atoms with Gasteiger partial charge in [-0.05, 0) is 30.2 Å². The van der Waals surface area contributed by atoms with Crippen LogP contribution in [0.25, 0.3) is 21.9 Å². The molecule has 1 heterocycles. The number of para-hydroxylation sites is 1. The van der Waals surface area contributed by atoms with Gasteiger partial charge in [-0.15, -0.1) is 0 Å². The molecule has 7 heteroatoms. The number of allylic oxidation sites excluding steroid dienone is 2. The van der Waals surface area contributed by atoms with E-state index in [2.05, 4.69) is 23.6 Å². The number of unbranched alkanes of at least 4 members (excludes halogenated alkanes) is 1. The van der Waals surface area contributed by atoms with Crippen LogP contribution in [0.15, 0.2) is 59.9 Å². The number of aryl methyl sites for hydroxylation is 1. The lowest BCUT2D eigenvalue weighted by molar-refractivity contribution is -0.669. The highest BCUT2D eigenvalue weighted by Crippen LogP contribution is 2.36. The van der Waals surface area contributed by atoms with Crippen LogP contribution < -0.4 is 14.6 Å². The number of carboxylic acid groups (broad SMARTS) is 1. The van der Waals surface area contributed by atoms with Crippen molar-refractivity contribution in [3.8, 4) is 0 Å². The van der Waals surface area contributed by atoms with E-state index in [0.717, 1.165) is 40.3 Å². The lowest BCUT2D eigenvalue weighted by Crippen LogP contribution is -2.36. The lowest BCUT2D eigenvalue weighted by atomic mass is 9.83. The fourth-order valence-corrected chi connectivity index (χ4v) is 5.25. The normalized spacial score (nSPS) is 14.6. The van der Waals surface area contributed by atoms with Crippen LogP contribution in [0.3, 0.4) is 0 Å². The molecule has 6 nitrogen and oxygen atoms in total. The molecule has 0 saturated carbocycles. The van der Waals surface area contributed by atoms with Crippen molar-refractivity contribution in [3.63, 3.8) is 0 Å². The second-order valence-electron chi connectivity index (χ2n) is 8.47. The fourth-order valence-electron chi connectivity index (χ4n) is 4.12. The molecule has 1 aromatic heterocycles. The summed E-state index contributed by atoms with van der Waals surface area (Å²) >= 11 is 1.60. The Labute approximate surface area is 203 Å². The number of hydrogen-bond acceptors (Lipinski definition) is 5. The summed E-state index contributed by atoms with van der Waals surface area (Å²) in [4.78, 5) is 25.6. The number of rotatable bonds is 10. The van der Waals surface area contributed by atoms with Crippen molar-refractivity contribution >= 4 is 50.6 Å². The number of anilines is 1. The molecule has 1 N–H and O–H groups in total. The summed E-state index contributed by atoms with van der Waals surface area (Å²) in [5, 5.41) is 22.7. The molecule has 4 rings (SSSR count). The molecule has 0 aliphatic heterocycles. The van der Waals surface area contributed by atoms with Crippen LogP contribution in [0, 0.1) is 0 Å². The molecule has 0 fully saturated rings. The minimum Gasteiger partial charge on any atom is -0.871 e. The monoisotopic (exact) mass is 476 g/mol. The van der Waals surface area contributed by atoms with Gasteiger partial charge in [0.05, 0.1) is 0 Å². The zero-order valence-electron chi connectivity index (χ0n) is 19.4. The fraction of sp³-hybridized carbons (Fsp3) is 0.296. The number of aliphatic carboxylic acids is 1. The highest BCUT2D eigenvalue weighted by Gasteiger charge is 2.30. The molecule has 0 bridgehead atoms. The Morgan fingerprint density at radius 3 is 2.56 bits per heavy atom. The maximum absolute atomic E-state index is 12.9. The van der Waals surface area contributed by atoms with Crippen molar-refractivity contribution in [3.05, 3.63) is 70.4 Å². The first-order valence-corrected chi connectivity index (χ1v) is 12.3. The van der Waals surface area contributed by atoms with Gasteiger partial charge in [0.1, 0.15) is 4.70 Å². The Morgan fingerprint density at radius 1 is 1.15 bits per heavy atom. The van der Waals surface area contributed by atoms with Crippen LogP contribution in [0.1, 0.15) is 43.2 Å². The molecule has 0 unspecified atom stereocenters. The van der Waals surface area contributed by atoms with Crippen molar-refractivity contribution in [2.24, 2.45) is 0 Å². The zero-order chi connectivity index (χ0) is 24.2. The van der Waals surface area contributed by atoms with Gasteiger partial charge < -0.3 is 15.1 Å². The van der Waals surface area contributed by atoms with Crippen LogP contribution in [-0.2, 0) is 16.1 Å². The number of benzene rings is 2. The van der Waals surface area contributed by atoms with Crippen LogP contribution in [-0.4, -0.2) is 30.5 Å². The molecular weight excluding hydrogens is 448 g/mol. The van der Waals surface area contributed by atoms with Crippen LogP contribution in [0.2, 0.25) is 0 Å². The third kappa shape index (κ3) is 4.75. The van der Waals surface area contributed by atoms with Crippen LogP contribution in [0.4, 0.5) is 5.69 Å². The molecule has 3 aromatic rings. The Kier molecular flexibility index (Phi) is 7.12. The molecule has 1 aliphatic carbocycles. The summed E-state index contributed by atoms with van der Waals surface area (Å²) in [6, 6.07) is 15.4. The summed E-state index contributed by atoms with van der Waals surface area (Å²) < 4.78 is 3.33. The Balaban J connectivity index is 1.56. The largest absolute Gasteiger partial charge is 0.871 e. The number of carbonyl (C=O) groups excluding carboxylic acids is 1. The third-order valence-corrected chi connectivity index (χ3v) is 7.18. The van der Waals surface area contributed by atoms with Crippen molar-refractivity contribution in [2.45, 2.75) is 39.2 Å². The summed E-state index contributed by atoms with van der Waals surface area (Å²) in [6.45, 7) is 3.60. The van der Waals surface area contributed by atoms with Gasteiger partial charge in [-0.3, -0.25) is 9.59 Å².